The van der Waals surface area contributed by atoms with Crippen LogP contribution in [0.1, 0.15) is 36.5 Å². The standard InChI is InChI=1S/C19H26N4O/c1-4-5-9-22-19(20)23-13-16-8-10-21-18(12-16)24-17-7-6-14(2)15(3)11-17/h6-8,10-12H,4-5,9,13H2,1-3H3,(H3,20,22,23). The minimum absolute atomic E-state index is 0.469. The van der Waals surface area contributed by atoms with Crippen molar-refractivity contribution in [3.63, 3.8) is 0 Å². The molecule has 0 aliphatic rings. The molecular weight excluding hydrogens is 300 g/mol. The molecule has 1 aromatic heterocycles. The second-order valence-electron chi connectivity index (χ2n) is 5.83. The molecule has 1 aromatic carbocycles. The summed E-state index contributed by atoms with van der Waals surface area (Å²) in [6.45, 7) is 7.63. The van der Waals surface area contributed by atoms with Crippen molar-refractivity contribution in [1.29, 1.82) is 0 Å². The molecule has 0 fully saturated rings. The lowest BCUT2D eigenvalue weighted by Gasteiger charge is -2.08. The third-order valence-electron chi connectivity index (χ3n) is 3.77. The van der Waals surface area contributed by atoms with Gasteiger partial charge in [0.15, 0.2) is 5.96 Å². The molecule has 0 atom stereocenters. The number of unbranched alkanes of at least 4 members (excludes halogenated alkanes) is 1. The zero-order valence-electron chi connectivity index (χ0n) is 14.7. The second kappa shape index (κ2) is 8.91. The van der Waals surface area contributed by atoms with Gasteiger partial charge in [-0.05, 0) is 55.2 Å². The van der Waals surface area contributed by atoms with Crippen LogP contribution < -0.4 is 15.8 Å². The van der Waals surface area contributed by atoms with Crippen molar-refractivity contribution in [2.45, 2.75) is 40.2 Å². The van der Waals surface area contributed by atoms with Gasteiger partial charge >= 0.3 is 0 Å². The van der Waals surface area contributed by atoms with E-state index >= 15 is 0 Å². The van der Waals surface area contributed by atoms with Crippen molar-refractivity contribution in [2.24, 2.45) is 10.7 Å². The molecule has 3 N–H and O–H groups in total. The van der Waals surface area contributed by atoms with Gasteiger partial charge in [-0.3, -0.25) is 0 Å². The number of aromatic nitrogens is 1. The van der Waals surface area contributed by atoms with Crippen LogP contribution in [0.5, 0.6) is 11.6 Å². The molecule has 0 amide bonds. The minimum atomic E-state index is 0.469. The number of benzene rings is 1. The van der Waals surface area contributed by atoms with E-state index < -0.39 is 0 Å². The topological polar surface area (TPSA) is 72.5 Å². The van der Waals surface area contributed by atoms with Gasteiger partial charge in [-0.25, -0.2) is 9.98 Å². The fourth-order valence-corrected chi connectivity index (χ4v) is 2.13. The number of nitrogens with two attached hydrogens (primary N) is 1. The Kier molecular flexibility index (Phi) is 6.61. The summed E-state index contributed by atoms with van der Waals surface area (Å²) < 4.78 is 5.83. The minimum Gasteiger partial charge on any atom is -0.439 e. The molecule has 0 unspecified atom stereocenters. The van der Waals surface area contributed by atoms with Gasteiger partial charge in [0.1, 0.15) is 5.75 Å². The van der Waals surface area contributed by atoms with Crippen LogP contribution in [0.15, 0.2) is 41.5 Å². The van der Waals surface area contributed by atoms with Crippen LogP contribution in [-0.2, 0) is 6.54 Å². The maximum absolute atomic E-state index is 5.85. The highest BCUT2D eigenvalue weighted by Crippen LogP contribution is 2.22. The summed E-state index contributed by atoms with van der Waals surface area (Å²) in [5, 5.41) is 3.10. The smallest absolute Gasteiger partial charge is 0.219 e. The van der Waals surface area contributed by atoms with Gasteiger partial charge in [0.05, 0.1) is 6.54 Å². The fourth-order valence-electron chi connectivity index (χ4n) is 2.13. The van der Waals surface area contributed by atoms with Crippen molar-refractivity contribution in [3.05, 3.63) is 53.2 Å². The number of pyridine rings is 1. The van der Waals surface area contributed by atoms with E-state index in [9.17, 15) is 0 Å². The molecular formula is C19H26N4O. The number of hydrogen-bond donors (Lipinski definition) is 2. The Labute approximate surface area is 144 Å². The lowest BCUT2D eigenvalue weighted by molar-refractivity contribution is 0.461. The molecule has 0 saturated carbocycles. The van der Waals surface area contributed by atoms with E-state index in [-0.39, 0.29) is 0 Å². The second-order valence-corrected chi connectivity index (χ2v) is 5.83. The Bertz CT molecular complexity index is 698. The predicted octanol–water partition coefficient (Wildman–Crippen LogP) is 3.70. The molecule has 0 bridgehead atoms. The van der Waals surface area contributed by atoms with Crippen molar-refractivity contribution in [3.8, 4) is 11.6 Å². The third-order valence-corrected chi connectivity index (χ3v) is 3.77. The molecule has 5 heteroatoms. The number of hydrogen-bond acceptors (Lipinski definition) is 3. The van der Waals surface area contributed by atoms with E-state index in [2.05, 4.69) is 36.1 Å². The first-order valence-corrected chi connectivity index (χ1v) is 8.32. The highest BCUT2D eigenvalue weighted by atomic mass is 16.5. The zero-order valence-corrected chi connectivity index (χ0v) is 14.7. The third kappa shape index (κ3) is 5.57. The molecule has 128 valence electrons. The lowest BCUT2D eigenvalue weighted by atomic mass is 10.1. The van der Waals surface area contributed by atoms with Crippen molar-refractivity contribution in [1.82, 2.24) is 10.3 Å². The van der Waals surface area contributed by atoms with Crippen LogP contribution in [0.4, 0.5) is 0 Å². The largest absolute Gasteiger partial charge is 0.439 e. The number of rotatable bonds is 7. The molecule has 0 aliphatic heterocycles. The van der Waals surface area contributed by atoms with Gasteiger partial charge in [0, 0.05) is 18.8 Å². The van der Waals surface area contributed by atoms with Crippen LogP contribution in [0.2, 0.25) is 0 Å². The summed E-state index contributed by atoms with van der Waals surface area (Å²) in [5.74, 6) is 1.81. The molecule has 0 aliphatic carbocycles. The molecule has 0 saturated heterocycles. The van der Waals surface area contributed by atoms with Crippen LogP contribution in [0.25, 0.3) is 0 Å². The summed E-state index contributed by atoms with van der Waals surface area (Å²) in [6.07, 6.45) is 3.94. The Balaban J connectivity index is 1.98. The van der Waals surface area contributed by atoms with Gasteiger partial charge in [0.25, 0.3) is 0 Å². The number of aryl methyl sites for hydroxylation is 2. The van der Waals surface area contributed by atoms with Gasteiger partial charge < -0.3 is 15.8 Å². The lowest BCUT2D eigenvalue weighted by Crippen LogP contribution is -2.32. The van der Waals surface area contributed by atoms with E-state index in [1.807, 2.05) is 30.3 Å². The molecule has 2 rings (SSSR count). The molecule has 1 heterocycles. The van der Waals surface area contributed by atoms with E-state index in [0.717, 1.165) is 30.7 Å². The zero-order chi connectivity index (χ0) is 17.4. The molecule has 24 heavy (non-hydrogen) atoms. The number of nitrogens with zero attached hydrogens (tertiary/aromatic N) is 2. The average molecular weight is 326 g/mol. The van der Waals surface area contributed by atoms with Gasteiger partial charge in [-0.1, -0.05) is 19.4 Å². The number of nitrogens with one attached hydrogen (secondary N) is 1. The normalized spacial score (nSPS) is 11.4. The highest BCUT2D eigenvalue weighted by molar-refractivity contribution is 5.77. The highest BCUT2D eigenvalue weighted by Gasteiger charge is 2.02. The summed E-state index contributed by atoms with van der Waals surface area (Å²) in [5.41, 5.74) is 9.28. The maximum atomic E-state index is 5.85. The predicted molar refractivity (Wildman–Crippen MR) is 98.5 cm³/mol. The molecule has 0 radical (unpaired) electrons. The van der Waals surface area contributed by atoms with E-state index in [1.165, 1.54) is 11.1 Å². The first-order chi connectivity index (χ1) is 11.6. The van der Waals surface area contributed by atoms with Crippen molar-refractivity contribution >= 4 is 5.96 Å². The van der Waals surface area contributed by atoms with Crippen LogP contribution in [-0.4, -0.2) is 17.5 Å². The van der Waals surface area contributed by atoms with E-state index in [4.69, 9.17) is 10.5 Å². The van der Waals surface area contributed by atoms with Crippen molar-refractivity contribution < 1.29 is 4.74 Å². The summed E-state index contributed by atoms with van der Waals surface area (Å²) >= 11 is 0. The Morgan fingerprint density at radius 2 is 2.04 bits per heavy atom. The van der Waals surface area contributed by atoms with Crippen LogP contribution >= 0.6 is 0 Å². The Morgan fingerprint density at radius 1 is 1.21 bits per heavy atom. The van der Waals surface area contributed by atoms with Crippen LogP contribution in [0, 0.1) is 13.8 Å². The molecule has 0 spiro atoms. The number of guanidine groups is 1. The van der Waals surface area contributed by atoms with Gasteiger partial charge in [0.2, 0.25) is 5.88 Å². The SMILES string of the molecule is CCCCNC(N)=NCc1ccnc(Oc2ccc(C)c(C)c2)c1. The molecule has 2 aromatic rings. The van der Waals surface area contributed by atoms with Gasteiger partial charge in [-0.15, -0.1) is 0 Å². The van der Waals surface area contributed by atoms with Gasteiger partial charge in [-0.2, -0.15) is 0 Å². The van der Waals surface area contributed by atoms with E-state index in [0.29, 0.717) is 18.4 Å². The number of aliphatic imine (C=N–C) groups is 1. The summed E-state index contributed by atoms with van der Waals surface area (Å²) in [7, 11) is 0. The molecule has 5 nitrogen and oxygen atoms in total. The van der Waals surface area contributed by atoms with Crippen LogP contribution in [0.3, 0.4) is 0 Å². The summed E-state index contributed by atoms with van der Waals surface area (Å²) in [4.78, 5) is 8.60. The quantitative estimate of drug-likeness (QED) is 0.462. The first-order valence-electron chi connectivity index (χ1n) is 8.32. The monoisotopic (exact) mass is 326 g/mol. The summed E-state index contributed by atoms with van der Waals surface area (Å²) in [6, 6.07) is 9.80. The average Bonchev–Trinajstić information content (AvgIpc) is 2.57. The Morgan fingerprint density at radius 3 is 2.79 bits per heavy atom. The first kappa shape index (κ1) is 17.8. The maximum Gasteiger partial charge on any atom is 0.219 e. The fraction of sp³-hybridized carbons (Fsp3) is 0.368. The Hall–Kier alpha value is -2.56. The van der Waals surface area contributed by atoms with E-state index in [1.54, 1.807) is 6.20 Å². The van der Waals surface area contributed by atoms with Crippen molar-refractivity contribution in [2.75, 3.05) is 6.54 Å². The number of ether oxygens (including phenoxy) is 1.